The van der Waals surface area contributed by atoms with Gasteiger partial charge in [0.2, 0.25) is 0 Å². The minimum absolute atomic E-state index is 0.362. The van der Waals surface area contributed by atoms with Crippen molar-refractivity contribution in [3.05, 3.63) is 53.4 Å². The fourth-order valence-corrected chi connectivity index (χ4v) is 4.19. The molecule has 5 heteroatoms. The number of hydrogen-bond acceptors (Lipinski definition) is 4. The van der Waals surface area contributed by atoms with Crippen molar-refractivity contribution >= 4 is 27.4 Å². The van der Waals surface area contributed by atoms with Gasteiger partial charge in [0.25, 0.3) is 0 Å². The van der Waals surface area contributed by atoms with Crippen molar-refractivity contribution < 1.29 is 19.4 Å². The highest BCUT2D eigenvalue weighted by Crippen LogP contribution is 2.35. The monoisotopic (exact) mass is 354 g/mol. The molecule has 1 aliphatic heterocycles. The lowest BCUT2D eigenvalue weighted by atomic mass is 10.0. The molecule has 2 heterocycles. The number of rotatable bonds is 5. The van der Waals surface area contributed by atoms with E-state index in [1.807, 2.05) is 42.5 Å². The number of carboxylic acid groups (broad SMARTS) is 1. The van der Waals surface area contributed by atoms with E-state index < -0.39 is 5.97 Å². The van der Waals surface area contributed by atoms with Crippen LogP contribution in [0.3, 0.4) is 0 Å². The van der Waals surface area contributed by atoms with Crippen LogP contribution >= 0.6 is 11.3 Å². The largest absolute Gasteiger partial charge is 0.493 e. The molecular formula is C20H18O4S. The predicted octanol–water partition coefficient (Wildman–Crippen LogP) is 4.68. The summed E-state index contributed by atoms with van der Waals surface area (Å²) in [5.41, 5.74) is 2.47. The SMILES string of the molecule is O=C(O)c1csc2c(-c3ccc(OCC4CCOC4)cc3)cccc12. The lowest BCUT2D eigenvalue weighted by molar-refractivity contribution is 0.0699. The van der Waals surface area contributed by atoms with Crippen LogP contribution in [0.15, 0.2) is 47.8 Å². The lowest BCUT2D eigenvalue weighted by Crippen LogP contribution is -2.11. The Morgan fingerprint density at radius 1 is 1.24 bits per heavy atom. The minimum atomic E-state index is -0.886. The molecule has 0 amide bonds. The first-order valence-electron chi connectivity index (χ1n) is 8.27. The fraction of sp³-hybridized carbons (Fsp3) is 0.250. The summed E-state index contributed by atoms with van der Waals surface area (Å²) in [5, 5.41) is 11.8. The van der Waals surface area contributed by atoms with Gasteiger partial charge in [-0.25, -0.2) is 4.79 Å². The quantitative estimate of drug-likeness (QED) is 0.723. The number of carbonyl (C=O) groups is 1. The van der Waals surface area contributed by atoms with E-state index in [2.05, 4.69) is 0 Å². The Morgan fingerprint density at radius 2 is 2.08 bits per heavy atom. The molecule has 4 nitrogen and oxygen atoms in total. The summed E-state index contributed by atoms with van der Waals surface area (Å²) >= 11 is 1.47. The van der Waals surface area contributed by atoms with Crippen molar-refractivity contribution in [2.45, 2.75) is 6.42 Å². The van der Waals surface area contributed by atoms with Gasteiger partial charge >= 0.3 is 5.97 Å². The number of thiophene rings is 1. The van der Waals surface area contributed by atoms with Crippen LogP contribution in [0.4, 0.5) is 0 Å². The van der Waals surface area contributed by atoms with E-state index in [-0.39, 0.29) is 0 Å². The number of hydrogen-bond donors (Lipinski definition) is 1. The van der Waals surface area contributed by atoms with Crippen LogP contribution in [-0.4, -0.2) is 30.9 Å². The number of fused-ring (bicyclic) bond motifs is 1. The van der Waals surface area contributed by atoms with E-state index in [1.165, 1.54) is 11.3 Å². The van der Waals surface area contributed by atoms with Gasteiger partial charge in [-0.1, -0.05) is 30.3 Å². The molecule has 0 radical (unpaired) electrons. The van der Waals surface area contributed by atoms with Gasteiger partial charge in [0, 0.05) is 28.0 Å². The Labute approximate surface area is 149 Å². The summed E-state index contributed by atoms with van der Waals surface area (Å²) in [4.78, 5) is 11.3. The van der Waals surface area contributed by atoms with E-state index in [4.69, 9.17) is 9.47 Å². The number of benzene rings is 2. The zero-order chi connectivity index (χ0) is 17.2. The average Bonchev–Trinajstić information content (AvgIpc) is 3.29. The smallest absolute Gasteiger partial charge is 0.337 e. The second kappa shape index (κ2) is 6.86. The molecule has 25 heavy (non-hydrogen) atoms. The maximum absolute atomic E-state index is 11.3. The van der Waals surface area contributed by atoms with Crippen molar-refractivity contribution in [3.63, 3.8) is 0 Å². The summed E-state index contributed by atoms with van der Waals surface area (Å²) in [6, 6.07) is 13.8. The maximum Gasteiger partial charge on any atom is 0.337 e. The number of aromatic carboxylic acids is 1. The number of ether oxygens (including phenoxy) is 2. The molecule has 4 rings (SSSR count). The van der Waals surface area contributed by atoms with Gasteiger partial charge in [0.1, 0.15) is 5.75 Å². The summed E-state index contributed by atoms with van der Waals surface area (Å²) in [6.45, 7) is 2.29. The third-order valence-corrected chi connectivity index (χ3v) is 5.53. The first-order chi connectivity index (χ1) is 12.2. The molecule has 0 aliphatic carbocycles. The van der Waals surface area contributed by atoms with Crippen LogP contribution in [0, 0.1) is 5.92 Å². The van der Waals surface area contributed by atoms with Crippen molar-refractivity contribution in [2.24, 2.45) is 5.92 Å². The topological polar surface area (TPSA) is 55.8 Å². The predicted molar refractivity (Wildman–Crippen MR) is 98.6 cm³/mol. The van der Waals surface area contributed by atoms with Gasteiger partial charge in [-0.15, -0.1) is 11.3 Å². The van der Waals surface area contributed by atoms with Gasteiger partial charge in [-0.2, -0.15) is 0 Å². The molecular weight excluding hydrogens is 336 g/mol. The summed E-state index contributed by atoms with van der Waals surface area (Å²) in [5.74, 6) is 0.442. The van der Waals surface area contributed by atoms with Gasteiger partial charge in [-0.05, 0) is 29.7 Å². The summed E-state index contributed by atoms with van der Waals surface area (Å²) in [6.07, 6.45) is 1.06. The van der Waals surface area contributed by atoms with Gasteiger partial charge in [0.05, 0.1) is 18.8 Å². The molecule has 1 unspecified atom stereocenters. The van der Waals surface area contributed by atoms with Gasteiger partial charge < -0.3 is 14.6 Å². The summed E-state index contributed by atoms with van der Waals surface area (Å²) < 4.78 is 12.2. The Bertz CT molecular complexity index is 892. The normalized spacial score (nSPS) is 17.0. The minimum Gasteiger partial charge on any atom is -0.493 e. The molecule has 128 valence electrons. The Balaban J connectivity index is 1.57. The van der Waals surface area contributed by atoms with Crippen molar-refractivity contribution in [1.29, 1.82) is 0 Å². The molecule has 2 aromatic carbocycles. The molecule has 1 aliphatic rings. The van der Waals surface area contributed by atoms with Crippen molar-refractivity contribution in [3.8, 4) is 16.9 Å². The van der Waals surface area contributed by atoms with E-state index in [0.29, 0.717) is 18.1 Å². The zero-order valence-corrected chi connectivity index (χ0v) is 14.4. The first kappa shape index (κ1) is 16.1. The first-order valence-corrected chi connectivity index (χ1v) is 9.15. The highest BCUT2D eigenvalue weighted by atomic mass is 32.1. The average molecular weight is 354 g/mol. The van der Waals surface area contributed by atoms with Crippen LogP contribution < -0.4 is 4.74 Å². The van der Waals surface area contributed by atoms with Crippen LogP contribution in [0.5, 0.6) is 5.75 Å². The molecule has 0 bridgehead atoms. The standard InChI is InChI=1S/C20H18O4S/c21-20(22)18-12-25-19-16(2-1-3-17(18)19)14-4-6-15(7-5-14)24-11-13-8-9-23-10-13/h1-7,12-13H,8-11H2,(H,21,22). The second-order valence-corrected chi connectivity index (χ2v) is 7.08. The Morgan fingerprint density at radius 3 is 2.80 bits per heavy atom. The Kier molecular flexibility index (Phi) is 4.42. The number of carboxylic acids is 1. The molecule has 1 saturated heterocycles. The molecule has 1 N–H and O–H groups in total. The van der Waals surface area contributed by atoms with Crippen LogP contribution in [0.1, 0.15) is 16.8 Å². The fourth-order valence-electron chi connectivity index (χ4n) is 3.11. The van der Waals surface area contributed by atoms with Gasteiger partial charge in [-0.3, -0.25) is 0 Å². The molecule has 1 aromatic heterocycles. The molecule has 0 saturated carbocycles. The van der Waals surface area contributed by atoms with Crippen LogP contribution in [0.2, 0.25) is 0 Å². The van der Waals surface area contributed by atoms with E-state index >= 15 is 0 Å². The third kappa shape index (κ3) is 3.25. The van der Waals surface area contributed by atoms with E-state index in [9.17, 15) is 9.90 Å². The van der Waals surface area contributed by atoms with Crippen LogP contribution in [0.25, 0.3) is 21.2 Å². The van der Waals surface area contributed by atoms with E-state index in [1.54, 1.807) is 5.38 Å². The molecule has 1 atom stereocenters. The molecule has 0 spiro atoms. The second-order valence-electron chi connectivity index (χ2n) is 6.20. The zero-order valence-electron chi connectivity index (χ0n) is 13.6. The lowest BCUT2D eigenvalue weighted by Gasteiger charge is -2.11. The van der Waals surface area contributed by atoms with Crippen molar-refractivity contribution in [2.75, 3.05) is 19.8 Å². The third-order valence-electron chi connectivity index (χ3n) is 4.51. The van der Waals surface area contributed by atoms with Gasteiger partial charge in [0.15, 0.2) is 0 Å². The van der Waals surface area contributed by atoms with E-state index in [0.717, 1.165) is 46.6 Å². The highest BCUT2D eigenvalue weighted by molar-refractivity contribution is 7.18. The molecule has 1 fully saturated rings. The Hall–Kier alpha value is -2.37. The molecule has 3 aromatic rings. The van der Waals surface area contributed by atoms with Crippen LogP contribution in [-0.2, 0) is 4.74 Å². The van der Waals surface area contributed by atoms with Crippen molar-refractivity contribution in [1.82, 2.24) is 0 Å². The summed E-state index contributed by atoms with van der Waals surface area (Å²) in [7, 11) is 0. The highest BCUT2D eigenvalue weighted by Gasteiger charge is 2.16. The maximum atomic E-state index is 11.3.